The van der Waals surface area contributed by atoms with Crippen LogP contribution in [0.1, 0.15) is 64.4 Å². The molecule has 1 unspecified atom stereocenters. The molecule has 1 aromatic carbocycles. The molecule has 7 nitrogen and oxygen atoms in total. The molecule has 0 aliphatic rings. The average molecular weight is 430 g/mol. The van der Waals surface area contributed by atoms with Crippen LogP contribution in [-0.2, 0) is 19.6 Å². The number of nitrogens with zero attached hydrogens (tertiary/aromatic N) is 3. The molecule has 0 spiro atoms. The zero-order chi connectivity index (χ0) is 22.5. The van der Waals surface area contributed by atoms with Gasteiger partial charge in [0.2, 0.25) is 0 Å². The molecule has 3 aromatic rings. The molecule has 0 bridgehead atoms. The molecule has 8 heteroatoms. The predicted octanol–water partition coefficient (Wildman–Crippen LogP) is 3.72. The first-order valence-corrected chi connectivity index (χ1v) is 11.0. The van der Waals surface area contributed by atoms with Gasteiger partial charge < -0.3 is 9.88 Å². The van der Waals surface area contributed by atoms with Crippen molar-refractivity contribution in [1.29, 1.82) is 0 Å². The topological polar surface area (TPSA) is 84.7 Å². The van der Waals surface area contributed by atoms with E-state index >= 15 is 0 Å². The normalized spacial score (nSPS) is 12.7. The van der Waals surface area contributed by atoms with Crippen LogP contribution in [0.2, 0.25) is 0 Å². The summed E-state index contributed by atoms with van der Waals surface area (Å²) in [5, 5.41) is 3.41. The molecule has 31 heavy (non-hydrogen) atoms. The van der Waals surface area contributed by atoms with Crippen LogP contribution >= 0.6 is 0 Å². The second kappa shape index (κ2) is 10.0. The summed E-state index contributed by atoms with van der Waals surface area (Å²) >= 11 is 0. The van der Waals surface area contributed by atoms with Crippen LogP contribution < -0.4 is 16.6 Å². The van der Waals surface area contributed by atoms with Crippen LogP contribution in [0.3, 0.4) is 0 Å². The van der Waals surface area contributed by atoms with Crippen molar-refractivity contribution in [2.75, 3.05) is 0 Å². The number of fused-ring (bicyclic) bond motifs is 1. The molecule has 2 heterocycles. The van der Waals surface area contributed by atoms with Gasteiger partial charge >= 0.3 is 5.69 Å². The average Bonchev–Trinajstić information content (AvgIpc) is 3.09. The van der Waals surface area contributed by atoms with Gasteiger partial charge in [-0.2, -0.15) is 0 Å². The molecule has 1 atom stereocenters. The molecular formula is C23H32FN5O2. The lowest BCUT2D eigenvalue weighted by Crippen LogP contribution is -2.31. The third kappa shape index (κ3) is 5.31. The summed E-state index contributed by atoms with van der Waals surface area (Å²) in [5.74, 6) is 0.906. The smallest absolute Gasteiger partial charge is 0.321 e. The van der Waals surface area contributed by atoms with E-state index in [1.54, 1.807) is 16.7 Å². The number of rotatable bonds is 10. The Labute approximate surface area is 181 Å². The highest BCUT2D eigenvalue weighted by molar-refractivity contribution is 5.71. The van der Waals surface area contributed by atoms with Gasteiger partial charge in [-0.25, -0.2) is 14.2 Å². The summed E-state index contributed by atoms with van der Waals surface area (Å²) in [5.41, 5.74) is 1.03. The van der Waals surface area contributed by atoms with Crippen LogP contribution in [0.4, 0.5) is 4.39 Å². The third-order valence-electron chi connectivity index (χ3n) is 5.57. The van der Waals surface area contributed by atoms with Gasteiger partial charge in [-0.1, -0.05) is 39.3 Å². The molecular weight excluding hydrogens is 397 g/mol. The molecule has 0 aliphatic carbocycles. The number of halogens is 1. The van der Waals surface area contributed by atoms with Crippen LogP contribution in [0.15, 0.2) is 33.9 Å². The van der Waals surface area contributed by atoms with E-state index in [1.807, 2.05) is 11.5 Å². The Morgan fingerprint density at radius 3 is 2.45 bits per heavy atom. The SMILES string of the molecule is CCCCn1c(=O)[nH]c(=O)c2c1nc(CNC(C)c1ccc(F)cc1)n2CCC(C)C. The van der Waals surface area contributed by atoms with Gasteiger partial charge in [-0.05, 0) is 43.4 Å². The summed E-state index contributed by atoms with van der Waals surface area (Å²) in [7, 11) is 0. The van der Waals surface area contributed by atoms with Crippen LogP contribution in [0.5, 0.6) is 0 Å². The highest BCUT2D eigenvalue weighted by Gasteiger charge is 2.19. The lowest BCUT2D eigenvalue weighted by Gasteiger charge is -2.15. The number of imidazole rings is 1. The predicted molar refractivity (Wildman–Crippen MR) is 121 cm³/mol. The highest BCUT2D eigenvalue weighted by Crippen LogP contribution is 2.17. The van der Waals surface area contributed by atoms with Crippen LogP contribution in [0.25, 0.3) is 11.2 Å². The Kier molecular flexibility index (Phi) is 7.43. The number of hydrogen-bond acceptors (Lipinski definition) is 4. The molecule has 2 aromatic heterocycles. The highest BCUT2D eigenvalue weighted by atomic mass is 19.1. The minimum absolute atomic E-state index is 0.0282. The summed E-state index contributed by atoms with van der Waals surface area (Å²) in [6, 6.07) is 6.36. The standard InChI is InChI=1S/C23H32FN5O2/c1-5-6-12-29-21-20(22(30)27-23(29)31)28(13-11-15(2)3)19(26-21)14-25-16(4)17-7-9-18(24)10-8-17/h7-10,15-16,25H,5-6,11-14H2,1-4H3,(H,27,30,31). The number of H-pyrrole nitrogens is 1. The van der Waals surface area contributed by atoms with Crippen molar-refractivity contribution in [1.82, 2.24) is 24.4 Å². The second-order valence-electron chi connectivity index (χ2n) is 8.45. The van der Waals surface area contributed by atoms with Gasteiger partial charge in [0.25, 0.3) is 5.56 Å². The maximum atomic E-state index is 13.2. The van der Waals surface area contributed by atoms with E-state index in [1.165, 1.54) is 12.1 Å². The van der Waals surface area contributed by atoms with Crippen molar-refractivity contribution in [3.05, 3.63) is 62.3 Å². The van der Waals surface area contributed by atoms with Crippen molar-refractivity contribution in [3.8, 4) is 0 Å². The molecule has 0 amide bonds. The van der Waals surface area contributed by atoms with E-state index in [4.69, 9.17) is 4.98 Å². The molecule has 3 rings (SSSR count). The molecule has 0 saturated heterocycles. The Balaban J connectivity index is 1.98. The van der Waals surface area contributed by atoms with E-state index in [-0.39, 0.29) is 11.9 Å². The lowest BCUT2D eigenvalue weighted by molar-refractivity contribution is 0.491. The summed E-state index contributed by atoms with van der Waals surface area (Å²) in [4.78, 5) is 32.3. The van der Waals surface area contributed by atoms with Gasteiger partial charge in [0.05, 0.1) is 6.54 Å². The van der Waals surface area contributed by atoms with Gasteiger partial charge in [0.1, 0.15) is 11.6 Å². The number of aromatic amines is 1. The number of aryl methyl sites for hydroxylation is 2. The maximum Gasteiger partial charge on any atom is 0.330 e. The van der Waals surface area contributed by atoms with Gasteiger partial charge in [0, 0.05) is 19.1 Å². The fourth-order valence-electron chi connectivity index (χ4n) is 3.62. The number of unbranched alkanes of at least 4 members (excludes halogenated alkanes) is 1. The molecule has 0 saturated carbocycles. The van der Waals surface area contributed by atoms with Crippen molar-refractivity contribution >= 4 is 11.2 Å². The summed E-state index contributed by atoms with van der Waals surface area (Å²) < 4.78 is 16.7. The molecule has 168 valence electrons. The molecule has 0 aliphatic heterocycles. The molecule has 0 radical (unpaired) electrons. The van der Waals surface area contributed by atoms with Gasteiger partial charge in [-0.3, -0.25) is 14.3 Å². The first kappa shape index (κ1) is 22.9. The zero-order valence-electron chi connectivity index (χ0n) is 18.7. The summed E-state index contributed by atoms with van der Waals surface area (Å²) in [6.45, 7) is 9.91. The Morgan fingerprint density at radius 2 is 1.81 bits per heavy atom. The minimum atomic E-state index is -0.418. The van der Waals surface area contributed by atoms with Crippen molar-refractivity contribution < 1.29 is 4.39 Å². The van der Waals surface area contributed by atoms with Gasteiger partial charge in [-0.15, -0.1) is 0 Å². The largest absolute Gasteiger partial charge is 0.330 e. The first-order chi connectivity index (χ1) is 14.8. The minimum Gasteiger partial charge on any atom is -0.321 e. The number of hydrogen-bond donors (Lipinski definition) is 2. The molecule has 0 fully saturated rings. The first-order valence-electron chi connectivity index (χ1n) is 11.0. The Bertz CT molecular complexity index is 1130. The van der Waals surface area contributed by atoms with E-state index in [2.05, 4.69) is 31.1 Å². The fourth-order valence-corrected chi connectivity index (χ4v) is 3.62. The van der Waals surface area contributed by atoms with Crippen molar-refractivity contribution in [3.63, 3.8) is 0 Å². The number of benzene rings is 1. The number of aromatic nitrogens is 4. The van der Waals surface area contributed by atoms with Gasteiger partial charge in [0.15, 0.2) is 11.2 Å². The van der Waals surface area contributed by atoms with Crippen LogP contribution in [0, 0.1) is 11.7 Å². The van der Waals surface area contributed by atoms with Crippen molar-refractivity contribution in [2.24, 2.45) is 5.92 Å². The lowest BCUT2D eigenvalue weighted by atomic mass is 10.1. The quantitative estimate of drug-likeness (QED) is 0.514. The van der Waals surface area contributed by atoms with Crippen molar-refractivity contribution in [2.45, 2.75) is 72.6 Å². The maximum absolute atomic E-state index is 13.2. The summed E-state index contributed by atoms with van der Waals surface area (Å²) in [6.07, 6.45) is 2.65. The second-order valence-corrected chi connectivity index (χ2v) is 8.45. The third-order valence-corrected chi connectivity index (χ3v) is 5.57. The van der Waals surface area contributed by atoms with E-state index < -0.39 is 11.2 Å². The van der Waals surface area contributed by atoms with E-state index in [0.717, 1.165) is 24.8 Å². The monoisotopic (exact) mass is 429 g/mol. The fraction of sp³-hybridized carbons (Fsp3) is 0.522. The number of nitrogens with one attached hydrogen (secondary N) is 2. The van der Waals surface area contributed by atoms with E-state index in [9.17, 15) is 14.0 Å². The van der Waals surface area contributed by atoms with Crippen LogP contribution in [-0.4, -0.2) is 19.1 Å². The van der Waals surface area contributed by atoms with E-state index in [0.29, 0.717) is 42.5 Å². The molecule has 2 N–H and O–H groups in total. The Hall–Kier alpha value is -2.74. The Morgan fingerprint density at radius 1 is 1.10 bits per heavy atom. The zero-order valence-corrected chi connectivity index (χ0v) is 18.7.